The molecule has 140 valence electrons. The van der Waals surface area contributed by atoms with Crippen molar-refractivity contribution in [1.29, 1.82) is 0 Å². The van der Waals surface area contributed by atoms with Gasteiger partial charge in [-0.1, -0.05) is 12.1 Å². The number of nitrogen functional groups attached to an aromatic ring is 1. The van der Waals surface area contributed by atoms with Crippen LogP contribution in [0.25, 0.3) is 22.4 Å². The third-order valence-electron chi connectivity index (χ3n) is 3.75. The molecule has 0 amide bonds. The summed E-state index contributed by atoms with van der Waals surface area (Å²) in [6, 6.07) is 6.60. The van der Waals surface area contributed by atoms with Crippen LogP contribution in [0.3, 0.4) is 0 Å². The minimum atomic E-state index is -4.62. The number of halogens is 4. The van der Waals surface area contributed by atoms with E-state index in [0.29, 0.717) is 6.07 Å². The second-order valence-corrected chi connectivity index (χ2v) is 6.56. The van der Waals surface area contributed by atoms with Gasteiger partial charge in [0.1, 0.15) is 22.6 Å². The number of benzene rings is 2. The quantitative estimate of drug-likeness (QED) is 0.662. The average Bonchev–Trinajstić information content (AvgIpc) is 2.61. The number of anilines is 1. The predicted molar refractivity (Wildman–Crippen MR) is 92.9 cm³/mol. The highest BCUT2D eigenvalue weighted by atomic mass is 32.2. The summed E-state index contributed by atoms with van der Waals surface area (Å²) in [6.07, 6.45) is -2.05. The Bertz CT molecular complexity index is 1020. The van der Waals surface area contributed by atoms with Crippen LogP contribution in [0, 0.1) is 5.82 Å². The maximum absolute atomic E-state index is 14.5. The smallest absolute Gasteiger partial charge is 0.382 e. The summed E-state index contributed by atoms with van der Waals surface area (Å²) >= 11 is 0. The minimum Gasteiger partial charge on any atom is -0.382 e. The topological polar surface area (TPSA) is 94.9 Å². The van der Waals surface area contributed by atoms with Crippen LogP contribution >= 0.6 is 0 Å². The molecule has 1 atom stereocenters. The van der Waals surface area contributed by atoms with Gasteiger partial charge in [-0.2, -0.15) is 13.2 Å². The van der Waals surface area contributed by atoms with E-state index >= 15 is 0 Å². The minimum absolute atomic E-state index is 0.133. The van der Waals surface area contributed by atoms with Crippen molar-refractivity contribution >= 4 is 16.8 Å². The number of nitrogens with zero attached hydrogens (tertiary/aromatic N) is 2. The van der Waals surface area contributed by atoms with Crippen LogP contribution in [0.5, 0.6) is 0 Å². The fourth-order valence-electron chi connectivity index (χ4n) is 2.47. The van der Waals surface area contributed by atoms with Crippen molar-refractivity contribution in [2.45, 2.75) is 11.1 Å². The Balaban J connectivity index is 2.08. The fraction of sp³-hybridized carbons (Fsp3) is 0.0588. The number of aromatic nitrogens is 2. The maximum atomic E-state index is 14.5. The zero-order valence-corrected chi connectivity index (χ0v) is 14.3. The summed E-state index contributed by atoms with van der Waals surface area (Å²) in [4.78, 5) is 7.56. The Morgan fingerprint density at radius 2 is 1.67 bits per heavy atom. The van der Waals surface area contributed by atoms with Crippen LogP contribution in [0.2, 0.25) is 0 Å². The largest absolute Gasteiger partial charge is 0.416 e. The number of rotatable bonds is 3. The van der Waals surface area contributed by atoms with Crippen molar-refractivity contribution in [3.05, 3.63) is 60.2 Å². The summed E-state index contributed by atoms with van der Waals surface area (Å²) in [5, 5.41) is 5.32. The second-order valence-electron chi connectivity index (χ2n) is 5.53. The van der Waals surface area contributed by atoms with E-state index in [-0.39, 0.29) is 33.1 Å². The molecule has 1 heterocycles. The zero-order valence-electron chi connectivity index (χ0n) is 13.5. The van der Waals surface area contributed by atoms with Gasteiger partial charge in [0.2, 0.25) is 0 Å². The molecular weight excluding hydrogens is 384 g/mol. The molecule has 0 saturated heterocycles. The van der Waals surface area contributed by atoms with E-state index < -0.39 is 28.5 Å². The van der Waals surface area contributed by atoms with Crippen molar-refractivity contribution < 1.29 is 21.8 Å². The molecule has 3 aromatic rings. The molecule has 0 aliphatic heterocycles. The number of alkyl halides is 3. The van der Waals surface area contributed by atoms with Crippen LogP contribution in [0.1, 0.15) is 5.56 Å². The normalized spacial score (nSPS) is 12.8. The Labute approximate surface area is 153 Å². The highest BCUT2D eigenvalue weighted by Crippen LogP contribution is 2.35. The molecule has 1 aromatic heterocycles. The molecule has 0 saturated carbocycles. The molecule has 4 N–H and O–H groups in total. The Morgan fingerprint density at radius 3 is 2.22 bits per heavy atom. The lowest BCUT2D eigenvalue weighted by molar-refractivity contribution is -0.137. The van der Waals surface area contributed by atoms with Gasteiger partial charge < -0.3 is 5.73 Å². The molecule has 3 rings (SSSR count). The molecule has 0 aliphatic carbocycles. The van der Waals surface area contributed by atoms with Crippen molar-refractivity contribution in [3.8, 4) is 22.4 Å². The Morgan fingerprint density at radius 1 is 0.963 bits per heavy atom. The van der Waals surface area contributed by atoms with E-state index in [2.05, 4.69) is 9.97 Å². The maximum Gasteiger partial charge on any atom is 0.416 e. The summed E-state index contributed by atoms with van der Waals surface area (Å²) in [6.45, 7) is 0. The van der Waals surface area contributed by atoms with Crippen LogP contribution in [0.4, 0.5) is 23.4 Å². The number of hydrogen-bond acceptors (Lipinski definition) is 4. The van der Waals surface area contributed by atoms with Gasteiger partial charge in [-0.3, -0.25) is 4.98 Å². The molecule has 10 heteroatoms. The van der Waals surface area contributed by atoms with Gasteiger partial charge in [-0.25, -0.2) is 18.7 Å². The SMILES string of the molecule is Nc1cnc(-c2ccc(-c3ccc(C(F)(F)F)cc3S(N)=O)cc2F)cn1. The van der Waals surface area contributed by atoms with Crippen molar-refractivity contribution in [3.63, 3.8) is 0 Å². The Kier molecular flexibility index (Phi) is 4.94. The zero-order chi connectivity index (χ0) is 19.8. The first-order valence-electron chi connectivity index (χ1n) is 7.42. The van der Waals surface area contributed by atoms with E-state index in [4.69, 9.17) is 10.9 Å². The molecule has 2 aromatic carbocycles. The van der Waals surface area contributed by atoms with Crippen LogP contribution in [-0.4, -0.2) is 14.2 Å². The predicted octanol–water partition coefficient (Wildman–Crippen LogP) is 3.53. The molecule has 0 spiro atoms. The Hall–Kier alpha value is -2.85. The lowest BCUT2D eigenvalue weighted by Crippen LogP contribution is -2.10. The lowest BCUT2D eigenvalue weighted by Gasteiger charge is -2.13. The van der Waals surface area contributed by atoms with Gasteiger partial charge >= 0.3 is 6.18 Å². The number of nitrogens with two attached hydrogens (primary N) is 2. The summed E-state index contributed by atoms with van der Waals surface area (Å²) in [7, 11) is -2.20. The summed E-state index contributed by atoms with van der Waals surface area (Å²) < 4.78 is 64.9. The second kappa shape index (κ2) is 7.05. The lowest BCUT2D eigenvalue weighted by atomic mass is 10.0. The van der Waals surface area contributed by atoms with Crippen molar-refractivity contribution in [2.24, 2.45) is 5.14 Å². The summed E-state index contributed by atoms with van der Waals surface area (Å²) in [5.41, 5.74) is 5.18. The first-order chi connectivity index (χ1) is 12.7. The van der Waals surface area contributed by atoms with Gasteiger partial charge in [0, 0.05) is 5.56 Å². The monoisotopic (exact) mass is 396 g/mol. The molecular formula is C17H12F4N4OS. The number of hydrogen-bond donors (Lipinski definition) is 2. The van der Waals surface area contributed by atoms with E-state index in [0.717, 1.165) is 18.2 Å². The van der Waals surface area contributed by atoms with Gasteiger partial charge in [-0.05, 0) is 35.4 Å². The molecule has 0 fully saturated rings. The molecule has 5 nitrogen and oxygen atoms in total. The van der Waals surface area contributed by atoms with Crippen LogP contribution < -0.4 is 10.9 Å². The molecule has 1 unspecified atom stereocenters. The van der Waals surface area contributed by atoms with Gasteiger partial charge in [0.15, 0.2) is 0 Å². The molecule has 0 radical (unpaired) electrons. The average molecular weight is 396 g/mol. The van der Waals surface area contributed by atoms with E-state index in [1.54, 1.807) is 0 Å². The highest BCUT2D eigenvalue weighted by Gasteiger charge is 2.31. The summed E-state index contributed by atoms with van der Waals surface area (Å²) in [5.74, 6) is -0.504. The van der Waals surface area contributed by atoms with E-state index in [1.807, 2.05) is 0 Å². The van der Waals surface area contributed by atoms with Crippen molar-refractivity contribution in [2.75, 3.05) is 5.73 Å². The van der Waals surface area contributed by atoms with Gasteiger partial charge in [0.25, 0.3) is 0 Å². The van der Waals surface area contributed by atoms with Gasteiger partial charge in [-0.15, -0.1) is 0 Å². The van der Waals surface area contributed by atoms with Crippen LogP contribution in [-0.2, 0) is 17.2 Å². The molecule has 27 heavy (non-hydrogen) atoms. The first-order valence-corrected chi connectivity index (χ1v) is 8.63. The third kappa shape index (κ3) is 3.96. The first kappa shape index (κ1) is 18.9. The van der Waals surface area contributed by atoms with E-state index in [1.165, 1.54) is 24.5 Å². The highest BCUT2D eigenvalue weighted by molar-refractivity contribution is 7.82. The fourth-order valence-corrected chi connectivity index (χ4v) is 3.12. The van der Waals surface area contributed by atoms with Crippen LogP contribution in [0.15, 0.2) is 53.7 Å². The van der Waals surface area contributed by atoms with Crippen molar-refractivity contribution in [1.82, 2.24) is 9.97 Å². The molecule has 0 bridgehead atoms. The standard InChI is InChI=1S/C17H12F4N4OS/c18-13-5-9(1-3-12(13)14-7-25-16(22)8-24-14)11-4-2-10(17(19,20)21)6-15(11)27(23)26/h1-8H,23H2,(H2,22,25). The third-order valence-corrected chi connectivity index (χ3v) is 4.52. The van der Waals surface area contributed by atoms with E-state index in [9.17, 15) is 21.8 Å². The molecule has 0 aliphatic rings. The van der Waals surface area contributed by atoms with Gasteiger partial charge in [0.05, 0.1) is 28.5 Å².